The van der Waals surface area contributed by atoms with Gasteiger partial charge in [0.05, 0.1) is 26.0 Å². The Hall–Kier alpha value is -1.81. The van der Waals surface area contributed by atoms with Crippen molar-refractivity contribution in [2.75, 3.05) is 20.1 Å². The SMILES string of the molecule is COc1cc(OC)nc(SCc2n[nH]c(=S)n2N)n1. The number of nitrogens with zero attached hydrogens (tertiary/aromatic N) is 4. The number of thioether (sulfide) groups is 1. The molecule has 0 saturated heterocycles. The Morgan fingerprint density at radius 2 is 2.00 bits per heavy atom. The van der Waals surface area contributed by atoms with E-state index >= 15 is 0 Å². The van der Waals surface area contributed by atoms with Gasteiger partial charge in [0.2, 0.25) is 16.5 Å². The Morgan fingerprint density at radius 1 is 1.37 bits per heavy atom. The molecule has 2 heterocycles. The number of methoxy groups -OCH3 is 2. The van der Waals surface area contributed by atoms with Gasteiger partial charge in [0.1, 0.15) is 0 Å². The van der Waals surface area contributed by atoms with Crippen LogP contribution in [0.2, 0.25) is 0 Å². The van der Waals surface area contributed by atoms with Gasteiger partial charge in [-0.3, -0.25) is 5.10 Å². The predicted molar refractivity (Wildman–Crippen MR) is 72.3 cm³/mol. The molecule has 0 aliphatic carbocycles. The molecule has 3 N–H and O–H groups in total. The predicted octanol–water partition coefficient (Wildman–Crippen LogP) is 0.754. The molecule has 0 unspecified atom stereocenters. The van der Waals surface area contributed by atoms with Crippen LogP contribution in [0.25, 0.3) is 0 Å². The summed E-state index contributed by atoms with van der Waals surface area (Å²) in [6, 6.07) is 1.60. The van der Waals surface area contributed by atoms with Crippen LogP contribution in [0.4, 0.5) is 0 Å². The lowest BCUT2D eigenvalue weighted by Crippen LogP contribution is -2.12. The normalized spacial score (nSPS) is 10.4. The van der Waals surface area contributed by atoms with E-state index in [1.165, 1.54) is 30.7 Å². The van der Waals surface area contributed by atoms with Crippen LogP contribution in [0, 0.1) is 4.77 Å². The molecular formula is C9H12N6O2S2. The summed E-state index contributed by atoms with van der Waals surface area (Å²) in [5.41, 5.74) is 0. The fraction of sp³-hybridized carbons (Fsp3) is 0.333. The zero-order valence-electron chi connectivity index (χ0n) is 10.3. The first kappa shape index (κ1) is 13.6. The number of nitrogens with one attached hydrogen (secondary N) is 1. The zero-order valence-corrected chi connectivity index (χ0v) is 11.9. The highest BCUT2D eigenvalue weighted by Crippen LogP contribution is 2.23. The summed E-state index contributed by atoms with van der Waals surface area (Å²) in [5, 5.41) is 7.11. The second-order valence-electron chi connectivity index (χ2n) is 3.34. The van der Waals surface area contributed by atoms with Gasteiger partial charge in [0.25, 0.3) is 0 Å². The summed E-state index contributed by atoms with van der Waals surface area (Å²) >= 11 is 6.27. The summed E-state index contributed by atoms with van der Waals surface area (Å²) in [7, 11) is 3.06. The summed E-state index contributed by atoms with van der Waals surface area (Å²) in [6.07, 6.45) is 0. The lowest BCUT2D eigenvalue weighted by atomic mass is 10.6. The maximum Gasteiger partial charge on any atom is 0.220 e. The lowest BCUT2D eigenvalue weighted by Gasteiger charge is -2.05. The van der Waals surface area contributed by atoms with Crippen molar-refractivity contribution in [3.05, 3.63) is 16.7 Å². The van der Waals surface area contributed by atoms with E-state index in [0.29, 0.717) is 33.3 Å². The van der Waals surface area contributed by atoms with Crippen molar-refractivity contribution in [3.8, 4) is 11.8 Å². The molecule has 0 spiro atoms. The number of nitrogen functional groups attached to an aromatic ring is 1. The molecule has 0 bridgehead atoms. The van der Waals surface area contributed by atoms with Crippen LogP contribution in [0.15, 0.2) is 11.2 Å². The molecular weight excluding hydrogens is 288 g/mol. The van der Waals surface area contributed by atoms with Crippen molar-refractivity contribution in [1.82, 2.24) is 24.8 Å². The molecule has 0 amide bonds. The van der Waals surface area contributed by atoms with E-state index in [1.807, 2.05) is 0 Å². The third-order valence-electron chi connectivity index (χ3n) is 2.18. The van der Waals surface area contributed by atoms with Gasteiger partial charge in [-0.25, -0.2) is 4.68 Å². The number of rotatable bonds is 5. The van der Waals surface area contributed by atoms with Crippen LogP contribution in [0.5, 0.6) is 11.8 Å². The van der Waals surface area contributed by atoms with Crippen molar-refractivity contribution >= 4 is 24.0 Å². The molecule has 102 valence electrons. The number of nitrogens with two attached hydrogens (primary N) is 1. The van der Waals surface area contributed by atoms with Gasteiger partial charge in [-0.05, 0) is 12.2 Å². The van der Waals surface area contributed by atoms with Crippen molar-refractivity contribution < 1.29 is 9.47 Å². The van der Waals surface area contributed by atoms with Crippen molar-refractivity contribution in [3.63, 3.8) is 0 Å². The minimum absolute atomic E-state index is 0.361. The standard InChI is InChI=1S/C9H12N6O2S2/c1-16-6-3-7(17-2)12-8(11-6)19-4-5-13-14-9(18)15(5)10/h3H,4,10H2,1-2H3,(H,14,18). The number of H-pyrrole nitrogens is 1. The lowest BCUT2D eigenvalue weighted by molar-refractivity contribution is 0.364. The number of aromatic amines is 1. The van der Waals surface area contributed by atoms with E-state index in [0.717, 1.165) is 0 Å². The number of ether oxygens (including phenoxy) is 2. The van der Waals surface area contributed by atoms with Gasteiger partial charge in [-0.15, -0.1) is 0 Å². The van der Waals surface area contributed by atoms with Crippen LogP contribution >= 0.6 is 24.0 Å². The number of hydrogen-bond donors (Lipinski definition) is 2. The summed E-state index contributed by atoms with van der Waals surface area (Å²) < 4.78 is 11.8. The average Bonchev–Trinajstić information content (AvgIpc) is 2.76. The molecule has 8 nitrogen and oxygen atoms in total. The average molecular weight is 300 g/mol. The van der Waals surface area contributed by atoms with E-state index in [-0.39, 0.29) is 0 Å². The Bertz CT molecular complexity index is 603. The second kappa shape index (κ2) is 5.89. The highest BCUT2D eigenvalue weighted by atomic mass is 32.2. The van der Waals surface area contributed by atoms with Crippen LogP contribution in [-0.2, 0) is 5.75 Å². The number of aromatic nitrogens is 5. The molecule has 0 radical (unpaired) electrons. The van der Waals surface area contributed by atoms with Gasteiger partial charge < -0.3 is 15.3 Å². The summed E-state index contributed by atoms with van der Waals surface area (Å²) in [4.78, 5) is 8.37. The Balaban J connectivity index is 2.15. The Morgan fingerprint density at radius 3 is 2.47 bits per heavy atom. The van der Waals surface area contributed by atoms with Crippen molar-refractivity contribution in [2.24, 2.45) is 0 Å². The fourth-order valence-electron chi connectivity index (χ4n) is 1.23. The van der Waals surface area contributed by atoms with E-state index in [1.54, 1.807) is 6.07 Å². The smallest absolute Gasteiger partial charge is 0.220 e. The van der Waals surface area contributed by atoms with Gasteiger partial charge in [-0.1, -0.05) is 11.8 Å². The summed E-state index contributed by atoms with van der Waals surface area (Å²) in [6.45, 7) is 0. The zero-order chi connectivity index (χ0) is 13.8. The van der Waals surface area contributed by atoms with Gasteiger partial charge in [-0.2, -0.15) is 15.1 Å². The molecule has 2 aromatic rings. The topological polar surface area (TPSA) is 104 Å². The van der Waals surface area contributed by atoms with E-state index in [9.17, 15) is 0 Å². The highest BCUT2D eigenvalue weighted by Gasteiger charge is 2.09. The van der Waals surface area contributed by atoms with Gasteiger partial charge in [0.15, 0.2) is 11.0 Å². The maximum absolute atomic E-state index is 5.69. The Kier molecular flexibility index (Phi) is 4.22. The molecule has 2 rings (SSSR count). The molecule has 19 heavy (non-hydrogen) atoms. The van der Waals surface area contributed by atoms with Crippen LogP contribution in [0.3, 0.4) is 0 Å². The monoisotopic (exact) mass is 300 g/mol. The third kappa shape index (κ3) is 3.15. The molecule has 0 aliphatic rings. The van der Waals surface area contributed by atoms with Gasteiger partial charge >= 0.3 is 0 Å². The van der Waals surface area contributed by atoms with Crippen LogP contribution in [0.1, 0.15) is 5.82 Å². The van der Waals surface area contributed by atoms with E-state index in [2.05, 4.69) is 20.2 Å². The molecule has 10 heteroatoms. The quantitative estimate of drug-likeness (QED) is 0.361. The van der Waals surface area contributed by atoms with E-state index < -0.39 is 0 Å². The summed E-state index contributed by atoms with van der Waals surface area (Å²) in [5.74, 6) is 7.63. The largest absolute Gasteiger partial charge is 0.481 e. The van der Waals surface area contributed by atoms with Crippen LogP contribution < -0.4 is 15.3 Å². The first-order valence-corrected chi connectivity index (χ1v) is 6.54. The molecule has 2 aromatic heterocycles. The number of hydrogen-bond acceptors (Lipinski definition) is 8. The van der Waals surface area contributed by atoms with Crippen molar-refractivity contribution in [2.45, 2.75) is 10.9 Å². The maximum atomic E-state index is 5.69. The fourth-order valence-corrected chi connectivity index (χ4v) is 2.15. The highest BCUT2D eigenvalue weighted by molar-refractivity contribution is 7.98. The molecule has 0 atom stereocenters. The first-order chi connectivity index (χ1) is 9.13. The van der Waals surface area contributed by atoms with Gasteiger partial charge in [0, 0.05) is 0 Å². The molecule has 0 aliphatic heterocycles. The molecule has 0 aromatic carbocycles. The molecule has 0 fully saturated rings. The minimum Gasteiger partial charge on any atom is -0.481 e. The first-order valence-electron chi connectivity index (χ1n) is 5.15. The van der Waals surface area contributed by atoms with Crippen LogP contribution in [-0.4, -0.2) is 39.1 Å². The Labute approximate surface area is 118 Å². The second-order valence-corrected chi connectivity index (χ2v) is 4.67. The van der Waals surface area contributed by atoms with E-state index in [4.69, 9.17) is 27.5 Å². The molecule has 0 saturated carbocycles. The minimum atomic E-state index is 0.361. The third-order valence-corrected chi connectivity index (χ3v) is 3.32. The van der Waals surface area contributed by atoms with Crippen molar-refractivity contribution in [1.29, 1.82) is 0 Å².